The minimum absolute atomic E-state index is 0.108. The quantitative estimate of drug-likeness (QED) is 0.258. The summed E-state index contributed by atoms with van der Waals surface area (Å²) in [6.45, 7) is 6.65. The van der Waals surface area contributed by atoms with Crippen molar-refractivity contribution in [2.45, 2.75) is 70.6 Å². The van der Waals surface area contributed by atoms with Gasteiger partial charge in [-0.3, -0.25) is 9.69 Å². The molecule has 4 aromatic rings. The second kappa shape index (κ2) is 12.1. The number of carbonyl (C=O) groups is 1. The molecule has 2 fully saturated rings. The average molecular weight is 632 g/mol. The van der Waals surface area contributed by atoms with Gasteiger partial charge in [0.25, 0.3) is 0 Å². The molecule has 3 aliphatic heterocycles. The van der Waals surface area contributed by atoms with Crippen LogP contribution in [0, 0.1) is 12.7 Å². The molecule has 2 atom stereocenters. The molecule has 12 heteroatoms. The summed E-state index contributed by atoms with van der Waals surface area (Å²) in [7, 11) is 0. The molecule has 2 saturated heterocycles. The van der Waals surface area contributed by atoms with Crippen molar-refractivity contribution in [3.63, 3.8) is 0 Å². The number of phenolic OH excluding ortho intramolecular Hbond substituents is 1. The lowest BCUT2D eigenvalue weighted by atomic mass is 9.95. The number of nitrogens with one attached hydrogen (secondary N) is 1. The van der Waals surface area contributed by atoms with E-state index in [9.17, 15) is 18.7 Å². The summed E-state index contributed by atoms with van der Waals surface area (Å²) in [5.41, 5.74) is 3.43. The van der Waals surface area contributed by atoms with Crippen molar-refractivity contribution < 1.29 is 23.4 Å². The molecule has 0 saturated carbocycles. The van der Waals surface area contributed by atoms with Crippen LogP contribution in [0.1, 0.15) is 59.9 Å². The lowest BCUT2D eigenvalue weighted by Gasteiger charge is -2.33. The van der Waals surface area contributed by atoms with Crippen LogP contribution in [0.2, 0.25) is 0 Å². The lowest BCUT2D eigenvalue weighted by Crippen LogP contribution is -2.43. The third-order valence-electron chi connectivity index (χ3n) is 9.71. The van der Waals surface area contributed by atoms with E-state index in [0.717, 1.165) is 52.8 Å². The first-order valence-electron chi connectivity index (χ1n) is 16.1. The monoisotopic (exact) mass is 631 g/mol. The van der Waals surface area contributed by atoms with Crippen LogP contribution in [-0.4, -0.2) is 80.2 Å². The number of phenols is 1. The van der Waals surface area contributed by atoms with Gasteiger partial charge in [0.05, 0.1) is 23.5 Å². The van der Waals surface area contributed by atoms with E-state index >= 15 is 0 Å². The lowest BCUT2D eigenvalue weighted by molar-refractivity contribution is 0.0891. The number of aryl methyl sites for hydroxylation is 2. The third kappa shape index (κ3) is 5.63. The van der Waals surface area contributed by atoms with Crippen LogP contribution >= 0.6 is 0 Å². The first-order chi connectivity index (χ1) is 22.2. The van der Waals surface area contributed by atoms with E-state index in [2.05, 4.69) is 20.2 Å². The molecule has 0 bridgehead atoms. The van der Waals surface area contributed by atoms with Gasteiger partial charge in [-0.1, -0.05) is 13.0 Å². The van der Waals surface area contributed by atoms with Gasteiger partial charge in [0.2, 0.25) is 5.91 Å². The average Bonchev–Trinajstić information content (AvgIpc) is 3.73. The maximum atomic E-state index is 14.9. The normalized spacial score (nSPS) is 21.0. The zero-order chi connectivity index (χ0) is 32.0. The van der Waals surface area contributed by atoms with Crippen LogP contribution < -0.4 is 15.0 Å². The first-order valence-corrected chi connectivity index (χ1v) is 16.1. The fraction of sp³-hybridized carbons (Fsp3) is 0.471. The second-order valence-electron chi connectivity index (χ2n) is 12.7. The molecule has 242 valence electrons. The highest BCUT2D eigenvalue weighted by Crippen LogP contribution is 2.41. The fourth-order valence-corrected chi connectivity index (χ4v) is 7.50. The Kier molecular flexibility index (Phi) is 8.00. The molecule has 7 rings (SSSR count). The van der Waals surface area contributed by atoms with E-state index in [4.69, 9.17) is 14.7 Å². The Bertz CT molecular complexity index is 1800. The number of fused-ring (bicyclic) bond motifs is 3. The second-order valence-corrected chi connectivity index (χ2v) is 12.7. The summed E-state index contributed by atoms with van der Waals surface area (Å²) in [5.74, 6) is 0.298. The van der Waals surface area contributed by atoms with Crippen LogP contribution in [-0.2, 0) is 19.4 Å². The van der Waals surface area contributed by atoms with Gasteiger partial charge in [-0.25, -0.2) is 13.5 Å². The van der Waals surface area contributed by atoms with Gasteiger partial charge in [-0.15, -0.1) is 0 Å². The maximum absolute atomic E-state index is 14.9. The summed E-state index contributed by atoms with van der Waals surface area (Å²) in [4.78, 5) is 26.6. The summed E-state index contributed by atoms with van der Waals surface area (Å²) in [6, 6.07) is 8.48. The molecule has 0 aliphatic carbocycles. The highest BCUT2D eigenvalue weighted by molar-refractivity contribution is 5.98. The van der Waals surface area contributed by atoms with E-state index in [0.29, 0.717) is 63.4 Å². The number of aromatic hydroxyl groups is 1. The number of nitrogens with zero attached hydrogens (tertiary/aromatic N) is 6. The highest BCUT2D eigenvalue weighted by Gasteiger charge is 2.49. The number of anilines is 2. The minimum atomic E-state index is -0.870. The van der Waals surface area contributed by atoms with Crippen molar-refractivity contribution in [3.05, 3.63) is 64.9 Å². The van der Waals surface area contributed by atoms with Crippen molar-refractivity contribution in [3.8, 4) is 11.8 Å². The Morgan fingerprint density at radius 3 is 2.89 bits per heavy atom. The van der Waals surface area contributed by atoms with Crippen LogP contribution in [0.5, 0.6) is 11.8 Å². The predicted octanol–water partition coefficient (Wildman–Crippen LogP) is 5.20. The summed E-state index contributed by atoms with van der Waals surface area (Å²) in [5, 5.41) is 19.7. The zero-order valence-corrected chi connectivity index (χ0v) is 26.2. The number of carbonyl (C=O) groups excluding carboxylic acids is 1. The summed E-state index contributed by atoms with van der Waals surface area (Å²) in [6.07, 6.45) is 4.39. The van der Waals surface area contributed by atoms with Crippen LogP contribution in [0.4, 0.5) is 20.3 Å². The third-order valence-corrected chi connectivity index (χ3v) is 9.71. The number of halogens is 2. The van der Waals surface area contributed by atoms with Gasteiger partial charge in [-0.05, 0) is 68.3 Å². The highest BCUT2D eigenvalue weighted by atomic mass is 19.1. The standard InChI is InChI=1S/C34H39F2N7O3/c1-3-25-27(36)6-5-22-15-24(44)16-29(31(22)25)41-13-9-26-28(19-41)38-33(46-20-34-10-4-12-42(34)18-23(35)17-34)39-32(26)37-11-7-30(45)43-14-8-21(2)40-43/h5-6,8,14-16,23,44H,3-4,7,9-13,17-20H2,1-2H3,(H,37,38,39)/t23-,34+/m1/s1. The zero-order valence-electron chi connectivity index (χ0n) is 26.2. The molecule has 0 spiro atoms. The Labute approximate surface area is 266 Å². The molecular weight excluding hydrogens is 592 g/mol. The number of hydrogen-bond donors (Lipinski definition) is 2. The SMILES string of the molecule is CCc1c(F)ccc2cc(O)cc(N3CCc4c(nc(OC[C@@]56CCCN5C[C@H](F)C6)nc4NCCC(=O)n4ccc(C)n4)C3)c12. The smallest absolute Gasteiger partial charge is 0.318 e. The Morgan fingerprint density at radius 1 is 1.22 bits per heavy atom. The Morgan fingerprint density at radius 2 is 2.09 bits per heavy atom. The van der Waals surface area contributed by atoms with Gasteiger partial charge >= 0.3 is 6.01 Å². The molecule has 0 amide bonds. The number of rotatable bonds is 9. The van der Waals surface area contributed by atoms with Gasteiger partial charge < -0.3 is 20.1 Å². The topological polar surface area (TPSA) is 109 Å². The predicted molar refractivity (Wildman–Crippen MR) is 171 cm³/mol. The number of benzene rings is 2. The first kappa shape index (κ1) is 30.3. The van der Waals surface area contributed by atoms with Crippen LogP contribution in [0.25, 0.3) is 10.8 Å². The molecule has 10 nitrogen and oxygen atoms in total. The number of ether oxygens (including phenoxy) is 1. The van der Waals surface area contributed by atoms with E-state index < -0.39 is 6.17 Å². The number of alkyl halides is 1. The van der Waals surface area contributed by atoms with Crippen molar-refractivity contribution in [1.29, 1.82) is 0 Å². The van der Waals surface area contributed by atoms with E-state index in [1.165, 1.54) is 10.7 Å². The molecule has 2 N–H and O–H groups in total. The van der Waals surface area contributed by atoms with Gasteiger partial charge in [0.15, 0.2) is 0 Å². The molecular formula is C34H39F2N7O3. The summed E-state index contributed by atoms with van der Waals surface area (Å²) >= 11 is 0. The molecule has 2 aromatic heterocycles. The van der Waals surface area contributed by atoms with E-state index in [-0.39, 0.29) is 35.4 Å². The molecule has 2 aromatic carbocycles. The fourth-order valence-electron chi connectivity index (χ4n) is 7.50. The maximum Gasteiger partial charge on any atom is 0.318 e. The van der Waals surface area contributed by atoms with Gasteiger partial charge in [-0.2, -0.15) is 15.1 Å². The largest absolute Gasteiger partial charge is 0.508 e. The molecule has 5 heterocycles. The van der Waals surface area contributed by atoms with E-state index in [1.54, 1.807) is 30.5 Å². The Balaban J connectivity index is 1.19. The van der Waals surface area contributed by atoms with Crippen molar-refractivity contribution in [2.75, 3.05) is 43.0 Å². The Hall–Kier alpha value is -4.32. The minimum Gasteiger partial charge on any atom is -0.508 e. The van der Waals surface area contributed by atoms with Crippen molar-refractivity contribution >= 4 is 28.2 Å². The van der Waals surface area contributed by atoms with Gasteiger partial charge in [0, 0.05) is 61.4 Å². The number of hydrogen-bond acceptors (Lipinski definition) is 9. The van der Waals surface area contributed by atoms with Crippen LogP contribution in [0.15, 0.2) is 36.5 Å². The molecule has 3 aliphatic rings. The number of aromatic nitrogens is 4. The van der Waals surface area contributed by atoms with Crippen LogP contribution in [0.3, 0.4) is 0 Å². The van der Waals surface area contributed by atoms with Gasteiger partial charge in [0.1, 0.15) is 30.2 Å². The molecule has 46 heavy (non-hydrogen) atoms. The summed E-state index contributed by atoms with van der Waals surface area (Å²) < 4.78 is 37.0. The molecule has 0 radical (unpaired) electrons. The van der Waals surface area contributed by atoms with Crippen molar-refractivity contribution in [2.24, 2.45) is 0 Å². The van der Waals surface area contributed by atoms with E-state index in [1.807, 2.05) is 13.8 Å². The molecule has 0 unspecified atom stereocenters. The van der Waals surface area contributed by atoms with Crippen molar-refractivity contribution in [1.82, 2.24) is 24.6 Å².